The number of ether oxygens (including phenoxy) is 1. The van der Waals surface area contributed by atoms with Gasteiger partial charge in [0.15, 0.2) is 17.0 Å². The summed E-state index contributed by atoms with van der Waals surface area (Å²) in [7, 11) is 0. The molecule has 1 saturated heterocycles. The van der Waals surface area contributed by atoms with E-state index in [2.05, 4.69) is 22.3 Å². The molecule has 10 nitrogen and oxygen atoms in total. The number of halogens is 3. The zero-order chi connectivity index (χ0) is 35.1. The van der Waals surface area contributed by atoms with Crippen LogP contribution in [-0.2, 0) is 33.9 Å². The number of nitrogens with one attached hydrogen (secondary N) is 1. The predicted molar refractivity (Wildman–Crippen MR) is 174 cm³/mol. The molecule has 4 heterocycles. The molecule has 49 heavy (non-hydrogen) atoms. The molecular formula is C35H32F3N4O6S+. The number of rotatable bonds is 7. The van der Waals surface area contributed by atoms with E-state index in [0.29, 0.717) is 47.9 Å². The Kier molecular flexibility index (Phi) is 9.06. The first-order valence-corrected chi connectivity index (χ1v) is 16.3. The molecule has 2 bridgehead atoms. The number of fused-ring (bicyclic) bond motifs is 5. The number of aromatic nitrogens is 1. The van der Waals surface area contributed by atoms with Gasteiger partial charge in [-0.2, -0.15) is 0 Å². The van der Waals surface area contributed by atoms with Gasteiger partial charge in [0.1, 0.15) is 35.3 Å². The van der Waals surface area contributed by atoms with Crippen LogP contribution >= 0.6 is 0 Å². The van der Waals surface area contributed by atoms with Crippen LogP contribution in [0.4, 0.5) is 13.2 Å². The first-order valence-electron chi connectivity index (χ1n) is 15.6. The monoisotopic (exact) mass is 693 g/mol. The van der Waals surface area contributed by atoms with Crippen LogP contribution in [0.15, 0.2) is 58.6 Å². The van der Waals surface area contributed by atoms with E-state index in [0.717, 1.165) is 0 Å². The van der Waals surface area contributed by atoms with Gasteiger partial charge in [0.05, 0.1) is 6.04 Å². The van der Waals surface area contributed by atoms with Gasteiger partial charge >= 0.3 is 16.4 Å². The van der Waals surface area contributed by atoms with Crippen molar-refractivity contribution in [2.24, 2.45) is 5.16 Å². The number of benzene rings is 2. The van der Waals surface area contributed by atoms with Crippen LogP contribution in [0.3, 0.4) is 0 Å². The van der Waals surface area contributed by atoms with Crippen LogP contribution in [0, 0.1) is 29.3 Å². The number of nitrogens with zero attached hydrogens (tertiary/aromatic N) is 3. The first-order chi connectivity index (χ1) is 23.3. The Morgan fingerprint density at radius 1 is 1.18 bits per heavy atom. The minimum atomic E-state index is -1.21. The molecule has 1 aromatic heterocycles. The molecule has 0 aliphatic carbocycles. The Morgan fingerprint density at radius 2 is 1.90 bits per heavy atom. The highest BCUT2D eigenvalue weighted by molar-refractivity contribution is 7.67. The van der Waals surface area contributed by atoms with Crippen molar-refractivity contribution in [2.75, 3.05) is 6.54 Å². The van der Waals surface area contributed by atoms with Gasteiger partial charge in [-0.25, -0.2) is 13.2 Å². The summed E-state index contributed by atoms with van der Waals surface area (Å²) in [6, 6.07) is 8.96. The van der Waals surface area contributed by atoms with E-state index in [4.69, 9.17) is 9.57 Å². The molecule has 2 amide bonds. The summed E-state index contributed by atoms with van der Waals surface area (Å²) in [6.45, 7) is 4.64. The molecule has 1 N–H and O–H groups in total. The zero-order valence-electron chi connectivity index (χ0n) is 26.8. The summed E-state index contributed by atoms with van der Waals surface area (Å²) in [5.74, 6) is 0.504. The third kappa shape index (κ3) is 6.55. The number of amides is 2. The summed E-state index contributed by atoms with van der Waals surface area (Å²) < 4.78 is 60.4. The molecule has 1 fully saturated rings. The number of pyridine rings is 1. The molecule has 0 saturated carbocycles. The van der Waals surface area contributed by atoms with Gasteiger partial charge < -0.3 is 24.4 Å². The molecule has 2 aromatic carbocycles. The SMILES string of the molecule is C[C@H]1CC[C@]2(CC(C#CC(C)(C)[S+]=O)=NO2)[C@H]2CN1C(=O)c1c(OCc3ccccc3)c(=O)c(C(=O)NCc3c(F)cc(F)cc3F)cn12. The molecule has 254 valence electrons. The highest BCUT2D eigenvalue weighted by Crippen LogP contribution is 2.46. The number of hydrogen-bond donors (Lipinski definition) is 1. The summed E-state index contributed by atoms with van der Waals surface area (Å²) in [6.07, 6.45) is 2.44. The van der Waals surface area contributed by atoms with Gasteiger partial charge in [0, 0.05) is 67.5 Å². The first kappa shape index (κ1) is 33.9. The van der Waals surface area contributed by atoms with Crippen molar-refractivity contribution in [3.8, 4) is 17.6 Å². The maximum atomic E-state index is 14.4. The van der Waals surface area contributed by atoms with E-state index < -0.39 is 68.8 Å². The zero-order valence-corrected chi connectivity index (χ0v) is 27.7. The lowest BCUT2D eigenvalue weighted by atomic mass is 9.84. The van der Waals surface area contributed by atoms with Gasteiger partial charge in [-0.3, -0.25) is 14.4 Å². The van der Waals surface area contributed by atoms with Crippen LogP contribution in [0.2, 0.25) is 0 Å². The van der Waals surface area contributed by atoms with Crippen molar-refractivity contribution in [2.45, 2.75) is 75.6 Å². The molecule has 6 rings (SSSR count). The minimum Gasteiger partial charge on any atom is -0.483 e. The van der Waals surface area contributed by atoms with Crippen molar-refractivity contribution in [1.82, 2.24) is 14.8 Å². The Labute approximate surface area is 283 Å². The smallest absolute Gasteiger partial charge is 0.478 e. The molecule has 3 aliphatic heterocycles. The van der Waals surface area contributed by atoms with Crippen molar-refractivity contribution in [3.05, 3.63) is 98.7 Å². The van der Waals surface area contributed by atoms with Crippen LogP contribution < -0.4 is 15.5 Å². The van der Waals surface area contributed by atoms with Crippen molar-refractivity contribution >= 4 is 29.2 Å². The van der Waals surface area contributed by atoms with Crippen molar-refractivity contribution < 1.29 is 36.5 Å². The third-order valence-electron chi connectivity index (χ3n) is 9.01. The topological polar surface area (TPSA) is 119 Å². The average molecular weight is 694 g/mol. The maximum absolute atomic E-state index is 14.4. The lowest BCUT2D eigenvalue weighted by Crippen LogP contribution is -2.52. The molecule has 3 atom stereocenters. The lowest BCUT2D eigenvalue weighted by Gasteiger charge is -2.42. The number of hydrogen-bond acceptors (Lipinski definition) is 7. The Hall–Kier alpha value is -5.03. The molecule has 0 radical (unpaired) electrons. The second-order valence-electron chi connectivity index (χ2n) is 12.8. The van der Waals surface area contributed by atoms with Crippen LogP contribution in [0.5, 0.6) is 5.75 Å². The van der Waals surface area contributed by atoms with Crippen LogP contribution in [0.1, 0.15) is 78.0 Å². The standard InChI is InChI=1S/C35H31F3N4O6S/c1-20-9-12-35(15-23(40-48-35)10-11-34(2,3)49-46)28-18-41(20)33(45)29-31(47-19-21-7-5-4-6-8-21)30(43)25(17-42(28)29)32(44)39-16-24-26(37)13-22(36)14-27(24)38/h4-8,13-14,17,20,28H,9,12,15-16,18-19H2,1-3H3/p+1/t20-,28+,35-/m0/s1. The molecule has 1 spiro atoms. The van der Waals surface area contributed by atoms with Crippen molar-refractivity contribution in [3.63, 3.8) is 0 Å². The third-order valence-corrected chi connectivity index (χ3v) is 9.53. The Morgan fingerprint density at radius 3 is 2.59 bits per heavy atom. The summed E-state index contributed by atoms with van der Waals surface area (Å²) in [5.41, 5.74) is -1.97. The second kappa shape index (κ2) is 13.1. The normalized spacial score (nSPS) is 21.1. The second-order valence-corrected chi connectivity index (χ2v) is 14.0. The van der Waals surface area contributed by atoms with Gasteiger partial charge in [0.2, 0.25) is 5.43 Å². The van der Waals surface area contributed by atoms with Gasteiger partial charge in [-0.15, -0.1) is 0 Å². The molecule has 14 heteroatoms. The molecule has 3 aromatic rings. The van der Waals surface area contributed by atoms with Crippen LogP contribution in [0.25, 0.3) is 0 Å². The molecule has 0 unspecified atom stereocenters. The minimum absolute atomic E-state index is 0.0792. The highest BCUT2D eigenvalue weighted by Gasteiger charge is 2.54. The fourth-order valence-electron chi connectivity index (χ4n) is 6.28. The summed E-state index contributed by atoms with van der Waals surface area (Å²) >= 11 is 0.354. The van der Waals surface area contributed by atoms with E-state index in [-0.39, 0.29) is 37.1 Å². The molecule has 3 aliphatic rings. The van der Waals surface area contributed by atoms with E-state index >= 15 is 0 Å². The quantitative estimate of drug-likeness (QED) is 0.284. The van der Waals surface area contributed by atoms with Gasteiger partial charge in [-0.1, -0.05) is 35.5 Å². The largest absolute Gasteiger partial charge is 0.483 e. The Balaban J connectivity index is 1.44. The lowest BCUT2D eigenvalue weighted by molar-refractivity contribution is -0.0656. The number of carbonyl (C=O) groups excluding carboxylic acids is 2. The summed E-state index contributed by atoms with van der Waals surface area (Å²) in [5, 5.41) is 6.61. The Bertz CT molecular complexity index is 1980. The van der Waals surface area contributed by atoms with E-state index in [1.807, 2.05) is 13.0 Å². The summed E-state index contributed by atoms with van der Waals surface area (Å²) in [4.78, 5) is 49.6. The van der Waals surface area contributed by atoms with Crippen molar-refractivity contribution in [1.29, 1.82) is 0 Å². The van der Waals surface area contributed by atoms with Gasteiger partial charge in [0.25, 0.3) is 11.8 Å². The highest BCUT2D eigenvalue weighted by atomic mass is 32.1. The van der Waals surface area contributed by atoms with Crippen LogP contribution in [-0.4, -0.2) is 49.9 Å². The maximum Gasteiger partial charge on any atom is 0.478 e. The predicted octanol–water partition coefficient (Wildman–Crippen LogP) is 4.68. The number of oxime groups is 1. The van der Waals surface area contributed by atoms with Gasteiger partial charge in [-0.05, 0) is 37.2 Å². The molecular weight excluding hydrogens is 661 g/mol. The average Bonchev–Trinajstić information content (AvgIpc) is 3.44. The fourth-order valence-corrected chi connectivity index (χ4v) is 6.37. The van der Waals surface area contributed by atoms with E-state index in [1.165, 1.54) is 10.8 Å². The number of carbonyl (C=O) groups is 2. The van der Waals surface area contributed by atoms with E-state index in [1.54, 1.807) is 43.0 Å². The van der Waals surface area contributed by atoms with E-state index in [9.17, 15) is 31.8 Å². The fraction of sp³-hybridized carbons (Fsp3) is 0.371.